The van der Waals surface area contributed by atoms with Crippen molar-refractivity contribution in [2.45, 2.75) is 31.8 Å². The number of fused-ring (bicyclic) bond motifs is 1. The number of rotatable bonds is 6. The molecule has 1 unspecified atom stereocenters. The maximum absolute atomic E-state index is 12.9. The quantitative estimate of drug-likeness (QED) is 0.389. The highest BCUT2D eigenvalue weighted by Crippen LogP contribution is 2.30. The number of anilines is 1. The van der Waals surface area contributed by atoms with Crippen molar-refractivity contribution in [1.29, 1.82) is 0 Å². The number of aromatic nitrogens is 4. The first-order chi connectivity index (χ1) is 16.7. The van der Waals surface area contributed by atoms with Crippen molar-refractivity contribution in [3.63, 3.8) is 0 Å². The van der Waals surface area contributed by atoms with Gasteiger partial charge in [0.2, 0.25) is 0 Å². The molecule has 3 aromatic heterocycles. The van der Waals surface area contributed by atoms with E-state index in [1.807, 2.05) is 53.6 Å². The van der Waals surface area contributed by atoms with Gasteiger partial charge in [-0.1, -0.05) is 36.4 Å². The third-order valence-electron chi connectivity index (χ3n) is 6.06. The first kappa shape index (κ1) is 22.3. The Bertz CT molecular complexity index is 1260. The molecule has 34 heavy (non-hydrogen) atoms. The number of carbonyl (C=O) groups is 1. The molecule has 174 valence electrons. The van der Waals surface area contributed by atoms with Crippen LogP contribution in [0.3, 0.4) is 0 Å². The lowest BCUT2D eigenvalue weighted by molar-refractivity contribution is 0.178. The van der Waals surface area contributed by atoms with E-state index >= 15 is 0 Å². The van der Waals surface area contributed by atoms with Gasteiger partial charge in [0.05, 0.1) is 16.4 Å². The normalized spacial score (nSPS) is 15.9. The minimum absolute atomic E-state index is 0.0323. The van der Waals surface area contributed by atoms with E-state index in [1.165, 1.54) is 0 Å². The van der Waals surface area contributed by atoms with Gasteiger partial charge in [-0.3, -0.25) is 4.98 Å². The van der Waals surface area contributed by atoms with Gasteiger partial charge in [-0.15, -0.1) is 0 Å². The van der Waals surface area contributed by atoms with Crippen molar-refractivity contribution in [3.8, 4) is 0 Å². The molecule has 1 atom stereocenters. The summed E-state index contributed by atoms with van der Waals surface area (Å²) in [5, 5.41) is 11.0. The van der Waals surface area contributed by atoms with Crippen LogP contribution in [0, 0.1) is 0 Å². The number of pyridine rings is 1. The minimum Gasteiger partial charge on any atom is -0.366 e. The Labute approximate surface area is 206 Å². The molecule has 1 saturated heterocycles. The lowest BCUT2D eigenvalue weighted by Gasteiger charge is -2.32. The van der Waals surface area contributed by atoms with Gasteiger partial charge in [0.25, 0.3) is 0 Å². The van der Waals surface area contributed by atoms with Crippen LogP contribution in [0.5, 0.6) is 0 Å². The van der Waals surface area contributed by atoms with Crippen LogP contribution in [-0.4, -0.2) is 43.6 Å². The number of benzene rings is 1. The Morgan fingerprint density at radius 1 is 1.09 bits per heavy atom. The SMILES string of the molecule is O=C(NCc1ccccc1)N1CCCC(c2cc(NCc3cccnc3)n3ncc(Br)c3n2)C1. The standard InChI is InChI=1S/C25H26BrN7O/c26-21-16-30-33-23(28-15-19-8-4-10-27-13-19)12-22(31-24(21)33)20-9-5-11-32(17-20)25(34)29-14-18-6-2-1-3-7-18/h1-4,6-8,10,12-13,16,20,28H,5,9,11,14-15,17H2,(H,29,34). The first-order valence-electron chi connectivity index (χ1n) is 11.4. The number of likely N-dealkylation sites (tertiary alicyclic amines) is 1. The number of halogens is 1. The highest BCUT2D eigenvalue weighted by molar-refractivity contribution is 9.10. The maximum atomic E-state index is 12.9. The van der Waals surface area contributed by atoms with Gasteiger partial charge in [0.1, 0.15) is 5.82 Å². The fourth-order valence-electron chi connectivity index (χ4n) is 4.27. The molecule has 9 heteroatoms. The number of nitrogens with one attached hydrogen (secondary N) is 2. The summed E-state index contributed by atoms with van der Waals surface area (Å²) < 4.78 is 2.64. The molecule has 2 N–H and O–H groups in total. The molecule has 2 amide bonds. The molecular weight excluding hydrogens is 494 g/mol. The van der Waals surface area contributed by atoms with Crippen LogP contribution >= 0.6 is 15.9 Å². The number of urea groups is 1. The van der Waals surface area contributed by atoms with Crippen LogP contribution in [0.2, 0.25) is 0 Å². The second-order valence-electron chi connectivity index (χ2n) is 8.44. The predicted molar refractivity (Wildman–Crippen MR) is 134 cm³/mol. The zero-order chi connectivity index (χ0) is 23.3. The Morgan fingerprint density at radius 2 is 1.94 bits per heavy atom. The summed E-state index contributed by atoms with van der Waals surface area (Å²) in [6.07, 6.45) is 7.29. The molecule has 0 saturated carbocycles. The van der Waals surface area contributed by atoms with Gasteiger partial charge in [-0.25, -0.2) is 9.78 Å². The Kier molecular flexibility index (Phi) is 6.71. The second-order valence-corrected chi connectivity index (χ2v) is 9.29. The van der Waals surface area contributed by atoms with E-state index < -0.39 is 0 Å². The predicted octanol–water partition coefficient (Wildman–Crippen LogP) is 4.59. The van der Waals surface area contributed by atoms with Gasteiger partial charge < -0.3 is 15.5 Å². The molecule has 4 aromatic rings. The molecule has 0 bridgehead atoms. The van der Waals surface area contributed by atoms with Crippen molar-refractivity contribution in [2.24, 2.45) is 0 Å². The number of carbonyl (C=O) groups excluding carboxylic acids is 1. The molecular formula is C25H26BrN7O. The summed E-state index contributed by atoms with van der Waals surface area (Å²) >= 11 is 3.57. The van der Waals surface area contributed by atoms with E-state index in [0.717, 1.165) is 52.1 Å². The van der Waals surface area contributed by atoms with Crippen LogP contribution in [0.15, 0.2) is 71.6 Å². The van der Waals surface area contributed by atoms with Crippen molar-refractivity contribution < 1.29 is 4.79 Å². The lowest BCUT2D eigenvalue weighted by Crippen LogP contribution is -2.44. The molecule has 0 radical (unpaired) electrons. The largest absolute Gasteiger partial charge is 0.366 e. The lowest BCUT2D eigenvalue weighted by atomic mass is 9.94. The third kappa shape index (κ3) is 5.04. The molecule has 8 nitrogen and oxygen atoms in total. The van der Waals surface area contributed by atoms with E-state index in [4.69, 9.17) is 4.98 Å². The van der Waals surface area contributed by atoms with Crippen LogP contribution in [-0.2, 0) is 13.1 Å². The zero-order valence-corrected chi connectivity index (χ0v) is 20.3. The van der Waals surface area contributed by atoms with Crippen LogP contribution in [0.1, 0.15) is 35.6 Å². The molecule has 5 rings (SSSR count). The summed E-state index contributed by atoms with van der Waals surface area (Å²) in [6, 6.07) is 15.9. The molecule has 0 aliphatic carbocycles. The average Bonchev–Trinajstić information content (AvgIpc) is 3.28. The smallest absolute Gasteiger partial charge is 0.317 e. The fraction of sp³-hybridized carbons (Fsp3) is 0.280. The molecule has 4 heterocycles. The summed E-state index contributed by atoms with van der Waals surface area (Å²) in [4.78, 5) is 23.8. The zero-order valence-electron chi connectivity index (χ0n) is 18.7. The monoisotopic (exact) mass is 519 g/mol. The van der Waals surface area contributed by atoms with Gasteiger partial charge in [-0.05, 0) is 46.0 Å². The number of hydrogen-bond acceptors (Lipinski definition) is 5. The summed E-state index contributed by atoms with van der Waals surface area (Å²) in [5.74, 6) is 1.02. The number of hydrogen-bond donors (Lipinski definition) is 2. The highest BCUT2D eigenvalue weighted by atomic mass is 79.9. The fourth-order valence-corrected chi connectivity index (χ4v) is 4.62. The average molecular weight is 520 g/mol. The van der Waals surface area contributed by atoms with E-state index in [1.54, 1.807) is 16.9 Å². The highest BCUT2D eigenvalue weighted by Gasteiger charge is 2.27. The van der Waals surface area contributed by atoms with E-state index in [-0.39, 0.29) is 11.9 Å². The minimum atomic E-state index is -0.0323. The topological polar surface area (TPSA) is 87.5 Å². The van der Waals surface area contributed by atoms with Crippen molar-refractivity contribution in [3.05, 3.63) is 88.4 Å². The third-order valence-corrected chi connectivity index (χ3v) is 6.62. The van der Waals surface area contributed by atoms with Gasteiger partial charge in [-0.2, -0.15) is 9.61 Å². The number of piperidine rings is 1. The molecule has 1 aromatic carbocycles. The molecule has 0 spiro atoms. The summed E-state index contributed by atoms with van der Waals surface area (Å²) in [5.41, 5.74) is 3.89. The molecule has 1 aliphatic rings. The number of amides is 2. The van der Waals surface area contributed by atoms with Crippen LogP contribution in [0.4, 0.5) is 10.6 Å². The van der Waals surface area contributed by atoms with E-state index in [2.05, 4.69) is 42.7 Å². The maximum Gasteiger partial charge on any atom is 0.317 e. The molecule has 1 fully saturated rings. The Balaban J connectivity index is 1.32. The summed E-state index contributed by atoms with van der Waals surface area (Å²) in [6.45, 7) is 2.54. The Hall–Kier alpha value is -3.46. The van der Waals surface area contributed by atoms with Crippen molar-refractivity contribution >= 4 is 33.4 Å². The second kappa shape index (κ2) is 10.2. The Morgan fingerprint density at radius 3 is 2.76 bits per heavy atom. The first-order valence-corrected chi connectivity index (χ1v) is 12.2. The van der Waals surface area contributed by atoms with E-state index in [0.29, 0.717) is 19.6 Å². The van der Waals surface area contributed by atoms with Crippen molar-refractivity contribution in [2.75, 3.05) is 18.4 Å². The van der Waals surface area contributed by atoms with Gasteiger partial charge >= 0.3 is 6.03 Å². The van der Waals surface area contributed by atoms with E-state index in [9.17, 15) is 4.79 Å². The summed E-state index contributed by atoms with van der Waals surface area (Å²) in [7, 11) is 0. The van der Waals surface area contributed by atoms with Crippen LogP contribution in [0.25, 0.3) is 5.65 Å². The van der Waals surface area contributed by atoms with Crippen molar-refractivity contribution in [1.82, 2.24) is 29.8 Å². The molecule has 1 aliphatic heterocycles. The van der Waals surface area contributed by atoms with Gasteiger partial charge in [0.15, 0.2) is 5.65 Å². The van der Waals surface area contributed by atoms with Gasteiger partial charge in [0, 0.05) is 50.6 Å². The van der Waals surface area contributed by atoms with Crippen LogP contribution < -0.4 is 10.6 Å². The number of nitrogens with zero attached hydrogens (tertiary/aromatic N) is 5.